The van der Waals surface area contributed by atoms with Crippen LogP contribution in [0.25, 0.3) is 11.3 Å². The largest absolute Gasteiger partial charge is 0.331 e. The van der Waals surface area contributed by atoms with Crippen LogP contribution in [0, 0.1) is 18.3 Å². The first-order valence-corrected chi connectivity index (χ1v) is 9.95. The number of hydrogen-bond acceptors (Lipinski definition) is 6. The lowest BCUT2D eigenvalue weighted by Gasteiger charge is -2.11. The fourth-order valence-corrected chi connectivity index (χ4v) is 4.11. The van der Waals surface area contributed by atoms with Crippen molar-refractivity contribution >= 4 is 22.9 Å². The lowest BCUT2D eigenvalue weighted by atomic mass is 10.1. The molecule has 0 bridgehead atoms. The van der Waals surface area contributed by atoms with Gasteiger partial charge in [0.1, 0.15) is 18.2 Å². The topological polar surface area (TPSA) is 110 Å². The lowest BCUT2D eigenvalue weighted by Crippen LogP contribution is -2.44. The lowest BCUT2D eigenvalue weighted by molar-refractivity contribution is -0.116. The van der Waals surface area contributed by atoms with Crippen molar-refractivity contribution in [1.82, 2.24) is 14.1 Å². The molecule has 0 atom stereocenters. The number of hydrogen-bond donors (Lipinski definition) is 1. The van der Waals surface area contributed by atoms with Crippen molar-refractivity contribution in [3.63, 3.8) is 0 Å². The summed E-state index contributed by atoms with van der Waals surface area (Å²) < 4.78 is 2.24. The van der Waals surface area contributed by atoms with Gasteiger partial charge < -0.3 is 5.32 Å². The smallest absolute Gasteiger partial charge is 0.325 e. The number of aryl methyl sites for hydroxylation is 1. The summed E-state index contributed by atoms with van der Waals surface area (Å²) >= 11 is 1.54. The molecule has 1 N–H and O–H groups in total. The zero-order valence-electron chi connectivity index (χ0n) is 15.6. The molecule has 146 valence electrons. The molecule has 1 aliphatic rings. The van der Waals surface area contributed by atoms with E-state index >= 15 is 0 Å². The molecule has 3 heterocycles. The number of aromatic nitrogens is 3. The number of carbonyl (C=O) groups is 1. The van der Waals surface area contributed by atoms with Crippen molar-refractivity contribution in [3.8, 4) is 17.3 Å². The van der Waals surface area contributed by atoms with E-state index in [1.165, 1.54) is 15.9 Å². The molecule has 2 aromatic heterocycles. The maximum atomic E-state index is 12.6. The minimum absolute atomic E-state index is 0.0594. The summed E-state index contributed by atoms with van der Waals surface area (Å²) in [5, 5.41) is 14.9. The number of anilines is 1. The molecule has 0 spiro atoms. The van der Waals surface area contributed by atoms with Crippen LogP contribution in [0.2, 0.25) is 0 Å². The normalized spacial score (nSPS) is 12.4. The number of amides is 1. The first-order chi connectivity index (χ1) is 14.0. The van der Waals surface area contributed by atoms with Gasteiger partial charge in [0.15, 0.2) is 0 Å². The van der Waals surface area contributed by atoms with Gasteiger partial charge in [0.2, 0.25) is 5.91 Å². The molecule has 0 unspecified atom stereocenters. The standard InChI is InChI=1S/C20H17N5O3S/c1-12-22-16(11-29-12)13-4-2-5-14(8-13)23-18(26)10-25-19(27)15(9-21)17-6-3-7-24(17)20(25)28/h2,4-5,8,11H,3,6-7,10H2,1H3,(H,23,26). The summed E-state index contributed by atoms with van der Waals surface area (Å²) in [6.45, 7) is 1.91. The summed E-state index contributed by atoms with van der Waals surface area (Å²) in [7, 11) is 0. The van der Waals surface area contributed by atoms with E-state index < -0.39 is 23.7 Å². The van der Waals surface area contributed by atoms with Crippen LogP contribution in [-0.4, -0.2) is 20.0 Å². The van der Waals surface area contributed by atoms with Gasteiger partial charge in [-0.3, -0.25) is 14.2 Å². The van der Waals surface area contributed by atoms with Gasteiger partial charge in [-0.1, -0.05) is 12.1 Å². The SMILES string of the molecule is Cc1nc(-c2cccc(NC(=O)Cn3c(=O)c(C#N)c4n(c3=O)CCC4)c2)cs1. The van der Waals surface area contributed by atoms with E-state index in [2.05, 4.69) is 10.3 Å². The van der Waals surface area contributed by atoms with Gasteiger partial charge in [-0.15, -0.1) is 11.3 Å². The maximum absolute atomic E-state index is 12.6. The Morgan fingerprint density at radius 1 is 1.38 bits per heavy atom. The van der Waals surface area contributed by atoms with E-state index in [4.69, 9.17) is 0 Å². The molecule has 1 amide bonds. The average molecular weight is 407 g/mol. The van der Waals surface area contributed by atoms with Crippen molar-refractivity contribution in [2.24, 2.45) is 0 Å². The monoisotopic (exact) mass is 407 g/mol. The van der Waals surface area contributed by atoms with Crippen LogP contribution < -0.4 is 16.6 Å². The number of nitriles is 1. The highest BCUT2D eigenvalue weighted by Gasteiger charge is 2.23. The molecule has 4 rings (SSSR count). The second kappa shape index (κ2) is 7.48. The predicted molar refractivity (Wildman–Crippen MR) is 109 cm³/mol. The van der Waals surface area contributed by atoms with Gasteiger partial charge >= 0.3 is 5.69 Å². The molecule has 0 saturated carbocycles. The summed E-state index contributed by atoms with van der Waals surface area (Å²) in [5.74, 6) is -0.516. The fraction of sp³-hybridized carbons (Fsp3) is 0.250. The van der Waals surface area contributed by atoms with Gasteiger partial charge in [-0.2, -0.15) is 5.26 Å². The highest BCUT2D eigenvalue weighted by molar-refractivity contribution is 7.09. The molecular formula is C20H17N5O3S. The first kappa shape index (κ1) is 18.8. The molecular weight excluding hydrogens is 390 g/mol. The van der Waals surface area contributed by atoms with Crippen LogP contribution in [0.1, 0.15) is 22.7 Å². The molecule has 0 fully saturated rings. The summed E-state index contributed by atoms with van der Waals surface area (Å²) in [5.41, 5.74) is 1.34. The van der Waals surface area contributed by atoms with E-state index in [9.17, 15) is 19.6 Å². The molecule has 8 nitrogen and oxygen atoms in total. The molecule has 0 radical (unpaired) electrons. The number of benzene rings is 1. The van der Waals surface area contributed by atoms with Crippen LogP contribution in [0.4, 0.5) is 5.69 Å². The average Bonchev–Trinajstić information content (AvgIpc) is 3.35. The Kier molecular flexibility index (Phi) is 4.86. The quantitative estimate of drug-likeness (QED) is 0.710. The number of nitrogens with one attached hydrogen (secondary N) is 1. The fourth-order valence-electron chi connectivity index (χ4n) is 3.48. The van der Waals surface area contributed by atoms with E-state index in [0.717, 1.165) is 20.8 Å². The van der Waals surface area contributed by atoms with Crippen molar-refractivity contribution in [2.75, 3.05) is 5.32 Å². The zero-order valence-corrected chi connectivity index (χ0v) is 16.5. The Balaban J connectivity index is 1.60. The number of thiazole rings is 1. The number of carbonyl (C=O) groups excluding carboxylic acids is 1. The van der Waals surface area contributed by atoms with Crippen molar-refractivity contribution in [3.05, 3.63) is 66.7 Å². The third-order valence-electron chi connectivity index (χ3n) is 4.81. The van der Waals surface area contributed by atoms with E-state index in [0.29, 0.717) is 30.8 Å². The molecule has 3 aromatic rings. The van der Waals surface area contributed by atoms with Crippen molar-refractivity contribution in [1.29, 1.82) is 5.26 Å². The van der Waals surface area contributed by atoms with Gasteiger partial charge in [0.05, 0.1) is 10.7 Å². The Labute approximate surface area is 169 Å². The molecule has 29 heavy (non-hydrogen) atoms. The van der Waals surface area contributed by atoms with E-state index in [-0.39, 0.29) is 5.56 Å². The van der Waals surface area contributed by atoms with E-state index in [1.807, 2.05) is 24.4 Å². The molecule has 1 aliphatic heterocycles. The minimum Gasteiger partial charge on any atom is -0.325 e. The van der Waals surface area contributed by atoms with Crippen molar-refractivity contribution < 1.29 is 4.79 Å². The maximum Gasteiger partial charge on any atom is 0.331 e. The van der Waals surface area contributed by atoms with Crippen LogP contribution in [-0.2, 0) is 24.3 Å². The third-order valence-corrected chi connectivity index (χ3v) is 5.58. The highest BCUT2D eigenvalue weighted by atomic mass is 32.1. The molecule has 0 saturated heterocycles. The Hall–Kier alpha value is -3.51. The van der Waals surface area contributed by atoms with Crippen LogP contribution in [0.3, 0.4) is 0 Å². The second-order valence-corrected chi connectivity index (χ2v) is 7.81. The van der Waals surface area contributed by atoms with Gasteiger partial charge in [0, 0.05) is 28.9 Å². The third kappa shape index (κ3) is 3.50. The number of nitrogens with zero attached hydrogens (tertiary/aromatic N) is 4. The van der Waals surface area contributed by atoms with Gasteiger partial charge in [0.25, 0.3) is 5.56 Å². The van der Waals surface area contributed by atoms with Gasteiger partial charge in [-0.05, 0) is 31.9 Å². The van der Waals surface area contributed by atoms with Crippen molar-refractivity contribution in [2.45, 2.75) is 32.9 Å². The summed E-state index contributed by atoms with van der Waals surface area (Å²) in [6, 6.07) is 9.07. The molecule has 9 heteroatoms. The Bertz CT molecular complexity index is 1280. The second-order valence-electron chi connectivity index (χ2n) is 6.74. The number of rotatable bonds is 4. The zero-order chi connectivity index (χ0) is 20.5. The van der Waals surface area contributed by atoms with Gasteiger partial charge in [-0.25, -0.2) is 14.3 Å². The minimum atomic E-state index is -0.715. The van der Waals surface area contributed by atoms with Crippen LogP contribution in [0.15, 0.2) is 39.2 Å². The molecule has 0 aliphatic carbocycles. The first-order valence-electron chi connectivity index (χ1n) is 9.07. The summed E-state index contributed by atoms with van der Waals surface area (Å²) in [6.07, 6.45) is 1.21. The predicted octanol–water partition coefficient (Wildman–Crippen LogP) is 1.90. The summed E-state index contributed by atoms with van der Waals surface area (Å²) in [4.78, 5) is 42.1. The Morgan fingerprint density at radius 2 is 2.21 bits per heavy atom. The van der Waals surface area contributed by atoms with Crippen LogP contribution in [0.5, 0.6) is 0 Å². The highest BCUT2D eigenvalue weighted by Crippen LogP contribution is 2.24. The Morgan fingerprint density at radius 3 is 2.93 bits per heavy atom. The molecule has 1 aromatic carbocycles. The van der Waals surface area contributed by atoms with E-state index in [1.54, 1.807) is 18.2 Å². The number of fused-ring (bicyclic) bond motifs is 1. The van der Waals surface area contributed by atoms with Crippen LogP contribution >= 0.6 is 11.3 Å².